The molecule has 1 fully saturated rings. The van der Waals surface area contributed by atoms with E-state index in [4.69, 9.17) is 33.7 Å². The van der Waals surface area contributed by atoms with Crippen LogP contribution in [-0.2, 0) is 0 Å². The third kappa shape index (κ3) is 5.06. The van der Waals surface area contributed by atoms with Crippen molar-refractivity contribution in [3.63, 3.8) is 0 Å². The Morgan fingerprint density at radius 3 is 2.71 bits per heavy atom. The van der Waals surface area contributed by atoms with Gasteiger partial charge in [-0.25, -0.2) is 9.37 Å². The van der Waals surface area contributed by atoms with Crippen molar-refractivity contribution in [2.75, 3.05) is 18.8 Å². The van der Waals surface area contributed by atoms with E-state index in [9.17, 15) is 4.39 Å². The summed E-state index contributed by atoms with van der Waals surface area (Å²) in [4.78, 5) is 4.25. The molecule has 166 valence electrons. The van der Waals surface area contributed by atoms with Gasteiger partial charge in [0.1, 0.15) is 11.9 Å². The third-order valence-electron chi connectivity index (χ3n) is 5.29. The molecule has 2 aromatic heterocycles. The van der Waals surface area contributed by atoms with Gasteiger partial charge >= 0.3 is 0 Å². The maximum Gasteiger partial charge on any atom is 0.166 e. The van der Waals surface area contributed by atoms with Gasteiger partial charge in [-0.15, -0.1) is 12.4 Å². The molecule has 0 bridgehead atoms. The van der Waals surface area contributed by atoms with Crippen molar-refractivity contribution in [2.45, 2.75) is 31.9 Å². The number of ether oxygens (including phenoxy) is 1. The smallest absolute Gasteiger partial charge is 0.166 e. The number of anilines is 1. The Morgan fingerprint density at radius 1 is 1.23 bits per heavy atom. The average molecular weight is 487 g/mol. The highest BCUT2D eigenvalue weighted by Crippen LogP contribution is 2.37. The summed E-state index contributed by atoms with van der Waals surface area (Å²) in [6.45, 7) is 3.71. The molecule has 1 saturated heterocycles. The van der Waals surface area contributed by atoms with Gasteiger partial charge in [-0.05, 0) is 51.1 Å². The molecular formula is C21H23Cl3FN5O. The number of halogens is 4. The summed E-state index contributed by atoms with van der Waals surface area (Å²) >= 11 is 12.3. The predicted molar refractivity (Wildman–Crippen MR) is 124 cm³/mol. The van der Waals surface area contributed by atoms with Gasteiger partial charge in [-0.1, -0.05) is 23.2 Å². The lowest BCUT2D eigenvalue weighted by atomic mass is 10.1. The minimum absolute atomic E-state index is 0. The number of hydrogen-bond acceptors (Lipinski definition) is 5. The highest BCUT2D eigenvalue weighted by atomic mass is 35.5. The summed E-state index contributed by atoms with van der Waals surface area (Å²) in [5, 5.41) is 8.13. The summed E-state index contributed by atoms with van der Waals surface area (Å²) in [5.41, 5.74) is 8.12. The molecule has 31 heavy (non-hydrogen) atoms. The molecule has 0 aliphatic carbocycles. The first-order valence-corrected chi connectivity index (χ1v) is 10.5. The van der Waals surface area contributed by atoms with E-state index in [1.165, 1.54) is 12.1 Å². The number of aromatic nitrogens is 3. The van der Waals surface area contributed by atoms with E-state index < -0.39 is 11.9 Å². The molecule has 3 aromatic rings. The first-order valence-electron chi connectivity index (χ1n) is 9.75. The van der Waals surface area contributed by atoms with Gasteiger partial charge in [0.15, 0.2) is 11.6 Å². The van der Waals surface area contributed by atoms with Crippen LogP contribution in [-0.4, -0.2) is 27.9 Å². The summed E-state index contributed by atoms with van der Waals surface area (Å²) in [7, 11) is 0. The van der Waals surface area contributed by atoms with Crippen LogP contribution in [0.4, 0.5) is 10.2 Å². The Labute approximate surface area is 196 Å². The Kier molecular flexibility index (Phi) is 7.64. The van der Waals surface area contributed by atoms with E-state index in [2.05, 4.69) is 15.4 Å². The van der Waals surface area contributed by atoms with E-state index in [-0.39, 0.29) is 23.2 Å². The van der Waals surface area contributed by atoms with Crippen LogP contribution in [0.5, 0.6) is 5.75 Å². The van der Waals surface area contributed by atoms with Gasteiger partial charge in [-0.2, -0.15) is 5.10 Å². The molecule has 3 heterocycles. The molecule has 0 radical (unpaired) electrons. The van der Waals surface area contributed by atoms with Gasteiger partial charge in [-0.3, -0.25) is 4.68 Å². The normalized spacial score (nSPS) is 15.4. The van der Waals surface area contributed by atoms with Crippen molar-refractivity contribution in [3.05, 3.63) is 58.2 Å². The predicted octanol–water partition coefficient (Wildman–Crippen LogP) is 5.46. The summed E-state index contributed by atoms with van der Waals surface area (Å²) < 4.78 is 21.9. The molecular weight excluding hydrogens is 464 g/mol. The molecule has 1 aliphatic heterocycles. The Hall–Kier alpha value is -2.06. The van der Waals surface area contributed by atoms with Crippen LogP contribution >= 0.6 is 35.6 Å². The zero-order valence-electron chi connectivity index (χ0n) is 16.8. The maximum absolute atomic E-state index is 13.9. The minimum atomic E-state index is -0.627. The van der Waals surface area contributed by atoms with Crippen LogP contribution in [0.25, 0.3) is 11.1 Å². The van der Waals surface area contributed by atoms with Crippen molar-refractivity contribution in [1.82, 2.24) is 20.1 Å². The summed E-state index contributed by atoms with van der Waals surface area (Å²) in [6.07, 6.45) is 6.96. The fraction of sp³-hybridized carbons (Fsp3) is 0.333. The molecule has 1 unspecified atom stereocenters. The standard InChI is InChI=1S/C21H22Cl2FN5O.ClH/c1-12(19-16(22)2-3-17(24)20(19)23)30-18-8-13(9-27-21(18)25)14-10-28-29(11-14)15-4-6-26-7-5-15;/h2-3,8-12,15,26H,4-7H2,1H3,(H2,25,27);1H. The number of nitrogen functional groups attached to an aromatic ring is 1. The number of nitrogens with two attached hydrogens (primary N) is 1. The van der Waals surface area contributed by atoms with Crippen LogP contribution in [0, 0.1) is 5.82 Å². The monoisotopic (exact) mass is 485 g/mol. The van der Waals surface area contributed by atoms with Crippen LogP contribution in [0.2, 0.25) is 10.0 Å². The largest absolute Gasteiger partial charge is 0.482 e. The fourth-order valence-electron chi connectivity index (χ4n) is 3.63. The van der Waals surface area contributed by atoms with Crippen LogP contribution in [0.1, 0.15) is 37.5 Å². The molecule has 6 nitrogen and oxygen atoms in total. The van der Waals surface area contributed by atoms with Gasteiger partial charge in [0.2, 0.25) is 0 Å². The van der Waals surface area contributed by atoms with Crippen molar-refractivity contribution in [2.24, 2.45) is 0 Å². The topological polar surface area (TPSA) is 78.0 Å². The quantitative estimate of drug-likeness (QED) is 0.468. The molecule has 0 saturated carbocycles. The van der Waals surface area contributed by atoms with Crippen LogP contribution < -0.4 is 15.8 Å². The first-order chi connectivity index (χ1) is 14.4. The molecule has 1 atom stereocenters. The van der Waals surface area contributed by atoms with Crippen molar-refractivity contribution >= 4 is 41.4 Å². The second kappa shape index (κ2) is 10.0. The Bertz CT molecular complexity index is 1060. The molecule has 10 heteroatoms. The lowest BCUT2D eigenvalue weighted by Crippen LogP contribution is -2.29. The van der Waals surface area contributed by atoms with Gasteiger partial charge in [0.25, 0.3) is 0 Å². The number of hydrogen-bond donors (Lipinski definition) is 2. The maximum atomic E-state index is 13.9. The highest BCUT2D eigenvalue weighted by molar-refractivity contribution is 6.36. The number of piperidine rings is 1. The number of pyridine rings is 1. The van der Waals surface area contributed by atoms with E-state index >= 15 is 0 Å². The van der Waals surface area contributed by atoms with E-state index in [1.807, 2.05) is 17.1 Å². The number of nitrogens with one attached hydrogen (secondary N) is 1. The first kappa shape index (κ1) is 23.6. The zero-order chi connectivity index (χ0) is 21.3. The van der Waals surface area contributed by atoms with Gasteiger partial charge in [0, 0.05) is 34.1 Å². The van der Waals surface area contributed by atoms with Crippen LogP contribution in [0.3, 0.4) is 0 Å². The van der Waals surface area contributed by atoms with E-state index in [0.717, 1.165) is 37.1 Å². The number of benzene rings is 1. The molecule has 3 N–H and O–H groups in total. The lowest BCUT2D eigenvalue weighted by molar-refractivity contribution is 0.227. The highest BCUT2D eigenvalue weighted by Gasteiger charge is 2.21. The second-order valence-electron chi connectivity index (χ2n) is 7.31. The fourth-order valence-corrected chi connectivity index (χ4v) is 4.31. The van der Waals surface area contributed by atoms with Crippen molar-refractivity contribution < 1.29 is 9.13 Å². The van der Waals surface area contributed by atoms with E-state index in [1.54, 1.807) is 19.2 Å². The average Bonchev–Trinajstić information content (AvgIpc) is 3.24. The molecule has 1 aromatic carbocycles. The third-order valence-corrected chi connectivity index (χ3v) is 6.00. The molecule has 1 aliphatic rings. The summed E-state index contributed by atoms with van der Waals surface area (Å²) in [5.74, 6) is 0.0303. The van der Waals surface area contributed by atoms with E-state index in [0.29, 0.717) is 22.4 Å². The van der Waals surface area contributed by atoms with Gasteiger partial charge in [0.05, 0.1) is 17.3 Å². The van der Waals surface area contributed by atoms with Gasteiger partial charge < -0.3 is 15.8 Å². The second-order valence-corrected chi connectivity index (χ2v) is 8.10. The zero-order valence-corrected chi connectivity index (χ0v) is 19.1. The number of nitrogens with zero attached hydrogens (tertiary/aromatic N) is 3. The minimum Gasteiger partial charge on any atom is -0.482 e. The Morgan fingerprint density at radius 2 is 1.97 bits per heavy atom. The summed E-state index contributed by atoms with van der Waals surface area (Å²) in [6, 6.07) is 4.85. The lowest BCUT2D eigenvalue weighted by Gasteiger charge is -2.22. The molecule has 0 spiro atoms. The molecule has 0 amide bonds. The van der Waals surface area contributed by atoms with Crippen molar-refractivity contribution in [3.8, 4) is 16.9 Å². The Balaban J connectivity index is 0.00000272. The SMILES string of the molecule is CC(Oc1cc(-c2cnn(C3CCNCC3)c2)cnc1N)c1c(Cl)ccc(F)c1Cl.Cl. The van der Waals surface area contributed by atoms with Crippen LogP contribution in [0.15, 0.2) is 36.8 Å². The molecule has 4 rings (SSSR count). The van der Waals surface area contributed by atoms with Crippen molar-refractivity contribution in [1.29, 1.82) is 0 Å². The number of rotatable bonds is 5.